The van der Waals surface area contributed by atoms with E-state index in [1.165, 1.54) is 0 Å². The Hall–Kier alpha value is -1.63. The molecule has 2 unspecified atom stereocenters. The summed E-state index contributed by atoms with van der Waals surface area (Å²) >= 11 is 0. The monoisotopic (exact) mass is 228 g/mol. The molecule has 1 aliphatic rings. The summed E-state index contributed by atoms with van der Waals surface area (Å²) in [5.41, 5.74) is 10.9. The van der Waals surface area contributed by atoms with E-state index >= 15 is 0 Å². The van der Waals surface area contributed by atoms with Gasteiger partial charge in [0.15, 0.2) is 5.96 Å². The van der Waals surface area contributed by atoms with E-state index in [1.54, 1.807) is 11.8 Å². The molecule has 0 radical (unpaired) electrons. The fraction of sp³-hybridized carbons (Fsp3) is 0.667. The van der Waals surface area contributed by atoms with Crippen LogP contribution in [-0.4, -0.2) is 46.5 Å². The molecule has 0 fully saturated rings. The molecule has 0 aromatic rings. The summed E-state index contributed by atoms with van der Waals surface area (Å²) in [6, 6.07) is -1.23. The summed E-state index contributed by atoms with van der Waals surface area (Å²) in [6.45, 7) is 2.20. The van der Waals surface area contributed by atoms with Crippen LogP contribution in [0.2, 0.25) is 0 Å². The topological polar surface area (TPSA) is 122 Å². The van der Waals surface area contributed by atoms with E-state index < -0.39 is 12.0 Å². The maximum absolute atomic E-state index is 11.2. The van der Waals surface area contributed by atoms with E-state index in [1.807, 2.05) is 0 Å². The van der Waals surface area contributed by atoms with Crippen molar-refractivity contribution < 1.29 is 14.7 Å². The number of hydrogen-bond acceptors (Lipinski definition) is 5. The Morgan fingerprint density at radius 2 is 2.31 bits per heavy atom. The fourth-order valence-electron chi connectivity index (χ4n) is 1.52. The summed E-state index contributed by atoms with van der Waals surface area (Å²) in [6.07, 6.45) is 0.904. The number of guanidine groups is 1. The van der Waals surface area contributed by atoms with Gasteiger partial charge in [0.2, 0.25) is 0 Å². The van der Waals surface area contributed by atoms with Crippen molar-refractivity contribution in [2.75, 3.05) is 6.54 Å². The zero-order valence-corrected chi connectivity index (χ0v) is 9.09. The van der Waals surface area contributed by atoms with Crippen LogP contribution in [0.5, 0.6) is 0 Å². The third-order valence-corrected chi connectivity index (χ3v) is 2.58. The molecule has 5 N–H and O–H groups in total. The number of carboxylic acids is 1. The van der Waals surface area contributed by atoms with Gasteiger partial charge in [-0.25, -0.2) is 0 Å². The van der Waals surface area contributed by atoms with Crippen LogP contribution in [0, 0.1) is 0 Å². The Morgan fingerprint density at radius 1 is 1.69 bits per heavy atom. The molecule has 1 aliphatic heterocycles. The molecule has 1 rings (SSSR count). The molecule has 7 heteroatoms. The third kappa shape index (κ3) is 2.69. The number of carbonyl (C=O) groups excluding carboxylic acids is 1. The molecule has 0 saturated carbocycles. The first-order valence-corrected chi connectivity index (χ1v) is 5.06. The SMILES string of the molecule is CC1C(=O)N=C(N)N1CCCC(N)C(=O)O. The van der Waals surface area contributed by atoms with Gasteiger partial charge >= 0.3 is 5.97 Å². The first kappa shape index (κ1) is 12.4. The highest BCUT2D eigenvalue weighted by Crippen LogP contribution is 2.10. The standard InChI is InChI=1S/C9H16N4O3/c1-5-7(14)12-9(11)13(5)4-2-3-6(10)8(15)16/h5-6H,2-4,10H2,1H3,(H,15,16)(H2,11,12,14). The van der Waals surface area contributed by atoms with Gasteiger partial charge in [0.1, 0.15) is 12.1 Å². The van der Waals surface area contributed by atoms with Crippen molar-refractivity contribution in [3.8, 4) is 0 Å². The predicted octanol–water partition coefficient (Wildman–Crippen LogP) is -1.28. The first-order valence-electron chi connectivity index (χ1n) is 5.06. The third-order valence-electron chi connectivity index (χ3n) is 2.58. The van der Waals surface area contributed by atoms with E-state index in [0.717, 1.165) is 0 Å². The molecule has 0 aliphatic carbocycles. The Bertz CT molecular complexity index is 329. The molecule has 0 saturated heterocycles. The zero-order chi connectivity index (χ0) is 12.3. The van der Waals surface area contributed by atoms with Crippen molar-refractivity contribution in [3.63, 3.8) is 0 Å². The number of carbonyl (C=O) groups is 2. The van der Waals surface area contributed by atoms with Gasteiger partial charge in [0, 0.05) is 6.54 Å². The van der Waals surface area contributed by atoms with E-state index in [0.29, 0.717) is 19.4 Å². The predicted molar refractivity (Wildman–Crippen MR) is 57.6 cm³/mol. The number of rotatable bonds is 5. The second kappa shape index (κ2) is 4.93. The maximum atomic E-state index is 11.2. The van der Waals surface area contributed by atoms with Gasteiger partial charge in [0.25, 0.3) is 5.91 Å². The fourth-order valence-corrected chi connectivity index (χ4v) is 1.52. The molecule has 0 aromatic carbocycles. The van der Waals surface area contributed by atoms with Crippen LogP contribution in [0.25, 0.3) is 0 Å². The Morgan fingerprint density at radius 3 is 2.75 bits per heavy atom. The summed E-state index contributed by atoms with van der Waals surface area (Å²) in [5, 5.41) is 8.58. The highest BCUT2D eigenvalue weighted by molar-refractivity contribution is 6.01. The molecule has 1 amide bonds. The normalized spacial score (nSPS) is 22.1. The minimum atomic E-state index is -1.02. The van der Waals surface area contributed by atoms with E-state index in [-0.39, 0.29) is 17.9 Å². The molecule has 0 aromatic heterocycles. The Kier molecular flexibility index (Phi) is 3.83. The van der Waals surface area contributed by atoms with Gasteiger partial charge < -0.3 is 21.5 Å². The van der Waals surface area contributed by atoms with Crippen molar-refractivity contribution >= 4 is 17.8 Å². The van der Waals surface area contributed by atoms with E-state index in [4.69, 9.17) is 16.6 Å². The number of hydrogen-bond donors (Lipinski definition) is 3. The second-order valence-electron chi connectivity index (χ2n) is 3.76. The molecule has 0 bridgehead atoms. The quantitative estimate of drug-likeness (QED) is 0.539. The lowest BCUT2D eigenvalue weighted by Gasteiger charge is -2.22. The van der Waals surface area contributed by atoms with Gasteiger partial charge in [-0.05, 0) is 19.8 Å². The molecular formula is C9H16N4O3. The van der Waals surface area contributed by atoms with Crippen molar-refractivity contribution in [1.82, 2.24) is 4.90 Å². The molecule has 7 nitrogen and oxygen atoms in total. The lowest BCUT2D eigenvalue weighted by Crippen LogP contribution is -2.41. The zero-order valence-electron chi connectivity index (χ0n) is 9.09. The van der Waals surface area contributed by atoms with Gasteiger partial charge in [-0.15, -0.1) is 0 Å². The van der Waals surface area contributed by atoms with Crippen LogP contribution in [0.1, 0.15) is 19.8 Å². The average Bonchev–Trinajstić information content (AvgIpc) is 2.44. The summed E-state index contributed by atoms with van der Waals surface area (Å²) in [4.78, 5) is 26.9. The molecule has 1 heterocycles. The van der Waals surface area contributed by atoms with Crippen LogP contribution >= 0.6 is 0 Å². The van der Waals surface area contributed by atoms with E-state index in [2.05, 4.69) is 4.99 Å². The number of carboxylic acid groups (broad SMARTS) is 1. The van der Waals surface area contributed by atoms with Crippen LogP contribution in [-0.2, 0) is 9.59 Å². The van der Waals surface area contributed by atoms with Gasteiger partial charge in [0.05, 0.1) is 0 Å². The number of nitrogens with zero attached hydrogens (tertiary/aromatic N) is 2. The molecule has 0 spiro atoms. The molecular weight excluding hydrogens is 212 g/mol. The molecule has 16 heavy (non-hydrogen) atoms. The van der Waals surface area contributed by atoms with Crippen molar-refractivity contribution in [2.45, 2.75) is 31.8 Å². The highest BCUT2D eigenvalue weighted by Gasteiger charge is 2.29. The largest absolute Gasteiger partial charge is 0.480 e. The van der Waals surface area contributed by atoms with E-state index in [9.17, 15) is 9.59 Å². The number of aliphatic imine (C=N–C) groups is 1. The smallest absolute Gasteiger partial charge is 0.320 e. The highest BCUT2D eigenvalue weighted by atomic mass is 16.4. The lowest BCUT2D eigenvalue weighted by molar-refractivity contribution is -0.138. The van der Waals surface area contributed by atoms with Crippen molar-refractivity contribution in [2.24, 2.45) is 16.5 Å². The minimum Gasteiger partial charge on any atom is -0.480 e. The van der Waals surface area contributed by atoms with Gasteiger partial charge in [-0.1, -0.05) is 0 Å². The molecule has 90 valence electrons. The van der Waals surface area contributed by atoms with Crippen LogP contribution in [0.15, 0.2) is 4.99 Å². The summed E-state index contributed by atoms with van der Waals surface area (Å²) in [7, 11) is 0. The van der Waals surface area contributed by atoms with Crippen LogP contribution in [0.3, 0.4) is 0 Å². The second-order valence-corrected chi connectivity index (χ2v) is 3.76. The van der Waals surface area contributed by atoms with Gasteiger partial charge in [-0.3, -0.25) is 9.59 Å². The summed E-state index contributed by atoms with van der Waals surface area (Å²) in [5.74, 6) is -1.09. The number of aliphatic carboxylic acids is 1. The average molecular weight is 228 g/mol. The first-order chi connectivity index (χ1) is 7.43. The van der Waals surface area contributed by atoms with Crippen LogP contribution < -0.4 is 11.5 Å². The maximum Gasteiger partial charge on any atom is 0.320 e. The van der Waals surface area contributed by atoms with Crippen molar-refractivity contribution in [3.05, 3.63) is 0 Å². The Labute approximate surface area is 93.1 Å². The van der Waals surface area contributed by atoms with Crippen LogP contribution in [0.4, 0.5) is 0 Å². The van der Waals surface area contributed by atoms with Gasteiger partial charge in [-0.2, -0.15) is 4.99 Å². The number of nitrogens with two attached hydrogens (primary N) is 2. The lowest BCUT2D eigenvalue weighted by atomic mass is 10.1. The van der Waals surface area contributed by atoms with Crippen molar-refractivity contribution in [1.29, 1.82) is 0 Å². The molecule has 2 atom stereocenters. The Balaban J connectivity index is 2.37. The summed E-state index contributed by atoms with van der Waals surface area (Å²) < 4.78 is 0. The number of amides is 1. The minimum absolute atomic E-state index is 0.196.